The molecule has 21 heavy (non-hydrogen) atoms. The number of rotatable bonds is 3. The summed E-state index contributed by atoms with van der Waals surface area (Å²) in [5.74, 6) is -3.33. The summed E-state index contributed by atoms with van der Waals surface area (Å²) in [7, 11) is -4.29. The molecule has 1 aliphatic heterocycles. The molecular formula is C13H15F2NO4S. The van der Waals surface area contributed by atoms with Gasteiger partial charge < -0.3 is 5.11 Å². The molecule has 0 aromatic heterocycles. The summed E-state index contributed by atoms with van der Waals surface area (Å²) < 4.78 is 52.4. The fourth-order valence-electron chi connectivity index (χ4n) is 2.50. The third-order valence-corrected chi connectivity index (χ3v) is 5.71. The zero-order valence-corrected chi connectivity index (χ0v) is 12.2. The maximum Gasteiger partial charge on any atom is 0.324 e. The molecule has 1 atom stereocenters. The van der Waals surface area contributed by atoms with Crippen molar-refractivity contribution in [3.05, 3.63) is 29.8 Å². The first-order valence-corrected chi connectivity index (χ1v) is 7.84. The van der Waals surface area contributed by atoms with Gasteiger partial charge in [0.15, 0.2) is 0 Å². The molecule has 1 aromatic carbocycles. The maximum absolute atomic E-state index is 13.2. The Bertz CT molecular complexity index is 656. The largest absolute Gasteiger partial charge is 0.480 e. The van der Waals surface area contributed by atoms with Crippen LogP contribution >= 0.6 is 0 Å². The molecule has 1 unspecified atom stereocenters. The summed E-state index contributed by atoms with van der Waals surface area (Å²) in [6, 6.07) is 1.94. The summed E-state index contributed by atoms with van der Waals surface area (Å²) in [6.45, 7) is 1.31. The number of hydrogen-bond acceptors (Lipinski definition) is 3. The molecule has 1 fully saturated rings. The van der Waals surface area contributed by atoms with E-state index >= 15 is 0 Å². The Morgan fingerprint density at radius 3 is 2.33 bits per heavy atom. The van der Waals surface area contributed by atoms with Crippen molar-refractivity contribution in [2.75, 3.05) is 6.54 Å². The highest BCUT2D eigenvalue weighted by Gasteiger charge is 2.47. The molecule has 0 spiro atoms. The summed E-state index contributed by atoms with van der Waals surface area (Å²) in [5.41, 5.74) is -1.61. The quantitative estimate of drug-likeness (QED) is 0.924. The topological polar surface area (TPSA) is 74.7 Å². The van der Waals surface area contributed by atoms with Crippen LogP contribution in [0.5, 0.6) is 0 Å². The molecule has 1 aromatic rings. The van der Waals surface area contributed by atoms with E-state index in [1.54, 1.807) is 0 Å². The van der Waals surface area contributed by atoms with E-state index in [4.69, 9.17) is 0 Å². The lowest BCUT2D eigenvalue weighted by Gasteiger charge is -2.40. The Morgan fingerprint density at radius 2 is 1.81 bits per heavy atom. The summed E-state index contributed by atoms with van der Waals surface area (Å²) in [6.07, 6.45) is 1.23. The fourth-order valence-corrected chi connectivity index (χ4v) is 4.35. The number of piperidine rings is 1. The number of hydrogen-bond donors (Lipinski definition) is 1. The molecule has 1 N–H and O–H groups in total. The van der Waals surface area contributed by atoms with E-state index in [1.807, 2.05) is 0 Å². The van der Waals surface area contributed by atoms with Gasteiger partial charge in [-0.15, -0.1) is 0 Å². The number of carboxylic acid groups (broad SMARTS) is 1. The molecule has 1 aliphatic rings. The second-order valence-corrected chi connectivity index (χ2v) is 7.08. The second kappa shape index (κ2) is 5.34. The van der Waals surface area contributed by atoms with Crippen molar-refractivity contribution < 1.29 is 27.1 Å². The fraction of sp³-hybridized carbons (Fsp3) is 0.462. The minimum Gasteiger partial charge on any atom is -0.480 e. The lowest BCUT2D eigenvalue weighted by Crippen LogP contribution is -2.57. The number of carbonyl (C=O) groups is 1. The third kappa shape index (κ3) is 2.77. The van der Waals surface area contributed by atoms with Gasteiger partial charge in [0.25, 0.3) is 0 Å². The van der Waals surface area contributed by atoms with E-state index in [0.717, 1.165) is 4.31 Å². The zero-order valence-electron chi connectivity index (χ0n) is 11.3. The van der Waals surface area contributed by atoms with E-state index in [0.29, 0.717) is 31.0 Å². The molecule has 116 valence electrons. The van der Waals surface area contributed by atoms with Crippen LogP contribution < -0.4 is 0 Å². The van der Waals surface area contributed by atoms with E-state index < -0.39 is 38.1 Å². The molecule has 0 radical (unpaired) electrons. The van der Waals surface area contributed by atoms with Crippen LogP contribution in [-0.4, -0.2) is 35.9 Å². The highest BCUT2D eigenvalue weighted by molar-refractivity contribution is 7.89. The SMILES string of the molecule is CC1(C(=O)O)CCCCN1S(=O)(=O)c1cc(F)cc(F)c1. The highest BCUT2D eigenvalue weighted by Crippen LogP contribution is 2.33. The number of benzene rings is 1. The smallest absolute Gasteiger partial charge is 0.324 e. The molecule has 2 rings (SSSR count). The van der Waals surface area contributed by atoms with Gasteiger partial charge in [0.1, 0.15) is 17.2 Å². The first-order valence-electron chi connectivity index (χ1n) is 6.40. The van der Waals surface area contributed by atoms with Crippen LogP contribution in [0.3, 0.4) is 0 Å². The van der Waals surface area contributed by atoms with Crippen LogP contribution in [0.15, 0.2) is 23.1 Å². The average Bonchev–Trinajstić information content (AvgIpc) is 2.37. The van der Waals surface area contributed by atoms with Gasteiger partial charge in [-0.25, -0.2) is 17.2 Å². The average molecular weight is 319 g/mol. The van der Waals surface area contributed by atoms with Gasteiger partial charge in [-0.3, -0.25) is 4.79 Å². The first-order chi connectivity index (χ1) is 9.68. The molecular weight excluding hydrogens is 304 g/mol. The van der Waals surface area contributed by atoms with Crippen LogP contribution in [0.25, 0.3) is 0 Å². The lowest BCUT2D eigenvalue weighted by atomic mass is 9.91. The Balaban J connectivity index is 2.53. The van der Waals surface area contributed by atoms with Crippen molar-refractivity contribution in [2.24, 2.45) is 0 Å². The molecule has 8 heteroatoms. The van der Waals surface area contributed by atoms with Crippen LogP contribution in [-0.2, 0) is 14.8 Å². The Hall–Kier alpha value is -1.54. The van der Waals surface area contributed by atoms with Gasteiger partial charge in [0.05, 0.1) is 4.90 Å². The minimum absolute atomic E-state index is 0.00324. The van der Waals surface area contributed by atoms with Gasteiger partial charge in [-0.2, -0.15) is 4.31 Å². The maximum atomic E-state index is 13.2. The Labute approximate surface area is 121 Å². The molecule has 1 saturated heterocycles. The predicted molar refractivity (Wildman–Crippen MR) is 70.1 cm³/mol. The number of halogens is 2. The normalized spacial score (nSPS) is 24.0. The number of sulfonamides is 1. The van der Waals surface area contributed by atoms with E-state index in [-0.39, 0.29) is 13.0 Å². The monoisotopic (exact) mass is 319 g/mol. The van der Waals surface area contributed by atoms with Crippen molar-refractivity contribution in [1.29, 1.82) is 0 Å². The second-order valence-electron chi connectivity index (χ2n) is 5.22. The molecule has 5 nitrogen and oxygen atoms in total. The van der Waals surface area contributed by atoms with E-state index in [9.17, 15) is 27.1 Å². The Morgan fingerprint density at radius 1 is 1.24 bits per heavy atom. The highest BCUT2D eigenvalue weighted by atomic mass is 32.2. The predicted octanol–water partition coefficient (Wildman–Crippen LogP) is 1.98. The van der Waals surface area contributed by atoms with Crippen LogP contribution in [0.4, 0.5) is 8.78 Å². The number of carboxylic acids is 1. The van der Waals surface area contributed by atoms with Gasteiger partial charge in [0, 0.05) is 12.6 Å². The summed E-state index contributed by atoms with van der Waals surface area (Å²) in [5, 5.41) is 9.33. The molecule has 0 bridgehead atoms. The van der Waals surface area contributed by atoms with E-state index in [2.05, 4.69) is 0 Å². The minimum atomic E-state index is -4.29. The van der Waals surface area contributed by atoms with Crippen molar-refractivity contribution in [3.63, 3.8) is 0 Å². The van der Waals surface area contributed by atoms with Crippen molar-refractivity contribution in [2.45, 2.75) is 36.6 Å². The van der Waals surface area contributed by atoms with Crippen LogP contribution in [0.1, 0.15) is 26.2 Å². The third-order valence-electron chi connectivity index (χ3n) is 3.71. The van der Waals surface area contributed by atoms with Crippen molar-refractivity contribution >= 4 is 16.0 Å². The standard InChI is InChI=1S/C13H15F2NO4S/c1-13(12(17)18)4-2-3-5-16(13)21(19,20)11-7-9(14)6-10(15)8-11/h6-8H,2-5H2,1H3,(H,17,18). The summed E-state index contributed by atoms with van der Waals surface area (Å²) >= 11 is 0. The molecule has 1 heterocycles. The molecule has 0 amide bonds. The molecule has 0 aliphatic carbocycles. The van der Waals surface area contributed by atoms with Crippen molar-refractivity contribution in [3.8, 4) is 0 Å². The van der Waals surface area contributed by atoms with Crippen molar-refractivity contribution in [1.82, 2.24) is 4.31 Å². The summed E-state index contributed by atoms with van der Waals surface area (Å²) in [4.78, 5) is 10.9. The first kappa shape index (κ1) is 15.8. The van der Waals surface area contributed by atoms with E-state index in [1.165, 1.54) is 6.92 Å². The van der Waals surface area contributed by atoms with Gasteiger partial charge in [-0.05, 0) is 38.3 Å². The van der Waals surface area contributed by atoms with Gasteiger partial charge >= 0.3 is 5.97 Å². The Kier molecular flexibility index (Phi) is 4.03. The van der Waals surface area contributed by atoms with Crippen LogP contribution in [0, 0.1) is 11.6 Å². The zero-order chi connectivity index (χ0) is 15.8. The number of nitrogens with zero attached hydrogens (tertiary/aromatic N) is 1. The van der Waals surface area contributed by atoms with Gasteiger partial charge in [0.2, 0.25) is 10.0 Å². The van der Waals surface area contributed by atoms with Gasteiger partial charge in [-0.1, -0.05) is 0 Å². The number of aliphatic carboxylic acids is 1. The van der Waals surface area contributed by atoms with Crippen LogP contribution in [0.2, 0.25) is 0 Å². The lowest BCUT2D eigenvalue weighted by molar-refractivity contribution is -0.149. The molecule has 0 saturated carbocycles.